The number of ether oxygens (including phenoxy) is 1. The molecule has 2 rings (SSSR count). The van der Waals surface area contributed by atoms with Crippen LogP contribution in [-0.4, -0.2) is 25.0 Å². The first-order chi connectivity index (χ1) is 9.51. The van der Waals surface area contributed by atoms with Crippen LogP contribution in [-0.2, 0) is 6.54 Å². The van der Waals surface area contributed by atoms with E-state index >= 15 is 0 Å². The standard InChI is InChI=1S/C14H13BrClNO2S/c1-17(8-10-4-6-13(16)20-10)14(18)9-3-5-12(19-2)11(15)7-9/h3-7H,8H2,1-2H3. The van der Waals surface area contributed by atoms with Crippen molar-refractivity contribution in [2.75, 3.05) is 14.2 Å². The van der Waals surface area contributed by atoms with Crippen LogP contribution in [0.3, 0.4) is 0 Å². The van der Waals surface area contributed by atoms with Crippen molar-refractivity contribution in [1.29, 1.82) is 0 Å². The van der Waals surface area contributed by atoms with Gasteiger partial charge in [0.25, 0.3) is 5.91 Å². The summed E-state index contributed by atoms with van der Waals surface area (Å²) in [7, 11) is 3.36. The number of carbonyl (C=O) groups is 1. The molecule has 0 aliphatic rings. The first-order valence-corrected chi connectivity index (χ1v) is 7.83. The number of thiophene rings is 1. The number of rotatable bonds is 4. The summed E-state index contributed by atoms with van der Waals surface area (Å²) < 4.78 is 6.65. The van der Waals surface area contributed by atoms with E-state index in [9.17, 15) is 4.79 Å². The fourth-order valence-corrected chi connectivity index (χ4v) is 3.44. The molecule has 0 radical (unpaired) electrons. The van der Waals surface area contributed by atoms with Crippen LogP contribution in [0.1, 0.15) is 15.2 Å². The molecular formula is C14H13BrClNO2S. The molecule has 0 N–H and O–H groups in total. The highest BCUT2D eigenvalue weighted by molar-refractivity contribution is 9.10. The Hall–Kier alpha value is -1.04. The molecule has 0 fully saturated rings. The van der Waals surface area contributed by atoms with Gasteiger partial charge in [0, 0.05) is 17.5 Å². The van der Waals surface area contributed by atoms with Gasteiger partial charge in [-0.1, -0.05) is 11.6 Å². The summed E-state index contributed by atoms with van der Waals surface area (Å²) in [6, 6.07) is 9.06. The Morgan fingerprint density at radius 1 is 1.40 bits per heavy atom. The van der Waals surface area contributed by atoms with Crippen molar-refractivity contribution >= 4 is 44.8 Å². The SMILES string of the molecule is COc1ccc(C(=O)N(C)Cc2ccc(Cl)s2)cc1Br. The summed E-state index contributed by atoms with van der Waals surface area (Å²) in [5.41, 5.74) is 0.614. The van der Waals surface area contributed by atoms with E-state index in [0.29, 0.717) is 17.9 Å². The molecule has 0 unspecified atom stereocenters. The minimum atomic E-state index is -0.0436. The van der Waals surface area contributed by atoms with Gasteiger partial charge in [0.2, 0.25) is 0 Å². The van der Waals surface area contributed by atoms with Gasteiger partial charge < -0.3 is 9.64 Å². The van der Waals surface area contributed by atoms with E-state index in [1.54, 1.807) is 37.3 Å². The number of halogens is 2. The molecule has 20 heavy (non-hydrogen) atoms. The minimum Gasteiger partial charge on any atom is -0.496 e. The summed E-state index contributed by atoms with van der Waals surface area (Å²) in [6.07, 6.45) is 0. The Bertz CT molecular complexity index is 629. The second-order valence-corrected chi connectivity index (χ2v) is 6.87. The number of carbonyl (C=O) groups excluding carboxylic acids is 1. The maximum Gasteiger partial charge on any atom is 0.253 e. The summed E-state index contributed by atoms with van der Waals surface area (Å²) >= 11 is 10.8. The summed E-state index contributed by atoms with van der Waals surface area (Å²) in [4.78, 5) is 15.1. The first kappa shape index (κ1) is 15.4. The predicted molar refractivity (Wildman–Crippen MR) is 85.8 cm³/mol. The monoisotopic (exact) mass is 373 g/mol. The molecule has 106 valence electrons. The lowest BCUT2D eigenvalue weighted by Gasteiger charge is -2.16. The van der Waals surface area contributed by atoms with E-state index in [1.165, 1.54) is 11.3 Å². The summed E-state index contributed by atoms with van der Waals surface area (Å²) in [5.74, 6) is 0.659. The molecule has 0 saturated carbocycles. The zero-order valence-electron chi connectivity index (χ0n) is 11.0. The predicted octanol–water partition coefficient (Wildman–Crippen LogP) is 4.44. The van der Waals surface area contributed by atoms with Crippen LogP contribution >= 0.6 is 38.9 Å². The molecule has 0 bridgehead atoms. The van der Waals surface area contributed by atoms with Crippen LogP contribution in [0.5, 0.6) is 5.75 Å². The highest BCUT2D eigenvalue weighted by atomic mass is 79.9. The zero-order chi connectivity index (χ0) is 14.7. The molecule has 3 nitrogen and oxygen atoms in total. The smallest absolute Gasteiger partial charge is 0.253 e. The maximum atomic E-state index is 12.3. The molecule has 0 saturated heterocycles. The molecule has 0 atom stereocenters. The fourth-order valence-electron chi connectivity index (χ4n) is 1.76. The largest absolute Gasteiger partial charge is 0.496 e. The van der Waals surface area contributed by atoms with Gasteiger partial charge in [-0.05, 0) is 46.3 Å². The molecule has 0 spiro atoms. The maximum absolute atomic E-state index is 12.3. The van der Waals surface area contributed by atoms with E-state index < -0.39 is 0 Å². The number of amides is 1. The van der Waals surface area contributed by atoms with Gasteiger partial charge in [-0.3, -0.25) is 4.79 Å². The normalized spacial score (nSPS) is 10.4. The van der Waals surface area contributed by atoms with Gasteiger partial charge in [0.15, 0.2) is 0 Å². The van der Waals surface area contributed by atoms with Crippen molar-refractivity contribution in [3.8, 4) is 5.75 Å². The van der Waals surface area contributed by atoms with Crippen LogP contribution in [0.15, 0.2) is 34.8 Å². The van der Waals surface area contributed by atoms with Crippen LogP contribution in [0.4, 0.5) is 0 Å². The summed E-state index contributed by atoms with van der Waals surface area (Å²) in [5, 5.41) is 0. The molecule has 6 heteroatoms. The first-order valence-electron chi connectivity index (χ1n) is 5.84. The molecule has 1 amide bonds. The van der Waals surface area contributed by atoms with Crippen molar-refractivity contribution in [3.63, 3.8) is 0 Å². The number of hydrogen-bond acceptors (Lipinski definition) is 3. The summed E-state index contributed by atoms with van der Waals surface area (Å²) in [6.45, 7) is 0.542. The van der Waals surface area contributed by atoms with Crippen LogP contribution in [0.25, 0.3) is 0 Å². The number of hydrogen-bond donors (Lipinski definition) is 0. The molecule has 1 aromatic carbocycles. The van der Waals surface area contributed by atoms with Gasteiger partial charge in [0.1, 0.15) is 5.75 Å². The lowest BCUT2D eigenvalue weighted by Crippen LogP contribution is -2.25. The lowest BCUT2D eigenvalue weighted by molar-refractivity contribution is 0.0786. The average Bonchev–Trinajstić information content (AvgIpc) is 2.83. The average molecular weight is 375 g/mol. The second kappa shape index (κ2) is 6.61. The van der Waals surface area contributed by atoms with Crippen molar-refractivity contribution in [2.45, 2.75) is 6.54 Å². The number of methoxy groups -OCH3 is 1. The van der Waals surface area contributed by atoms with Crippen molar-refractivity contribution in [1.82, 2.24) is 4.90 Å². The number of nitrogens with zero attached hydrogens (tertiary/aromatic N) is 1. The van der Waals surface area contributed by atoms with Gasteiger partial charge in [-0.25, -0.2) is 0 Å². The lowest BCUT2D eigenvalue weighted by atomic mass is 10.2. The highest BCUT2D eigenvalue weighted by Gasteiger charge is 2.14. The van der Waals surface area contributed by atoms with Gasteiger partial charge in [-0.2, -0.15) is 0 Å². The topological polar surface area (TPSA) is 29.5 Å². The van der Waals surface area contributed by atoms with E-state index in [0.717, 1.165) is 13.7 Å². The van der Waals surface area contributed by atoms with Crippen molar-refractivity contribution in [3.05, 3.63) is 49.6 Å². The third kappa shape index (κ3) is 3.53. The second-order valence-electron chi connectivity index (χ2n) is 4.22. The Morgan fingerprint density at radius 2 is 2.15 bits per heavy atom. The van der Waals surface area contributed by atoms with Gasteiger partial charge >= 0.3 is 0 Å². The molecule has 0 aliphatic carbocycles. The quantitative estimate of drug-likeness (QED) is 0.791. The van der Waals surface area contributed by atoms with E-state index in [1.807, 2.05) is 12.1 Å². The van der Waals surface area contributed by atoms with Crippen LogP contribution < -0.4 is 4.74 Å². The minimum absolute atomic E-state index is 0.0436. The molecule has 2 aromatic rings. The Kier molecular flexibility index (Phi) is 5.07. The third-order valence-electron chi connectivity index (χ3n) is 2.77. The van der Waals surface area contributed by atoms with Gasteiger partial charge in [0.05, 0.1) is 22.5 Å². The van der Waals surface area contributed by atoms with E-state index in [4.69, 9.17) is 16.3 Å². The highest BCUT2D eigenvalue weighted by Crippen LogP contribution is 2.27. The molecule has 0 aliphatic heterocycles. The van der Waals surface area contributed by atoms with Crippen LogP contribution in [0.2, 0.25) is 4.34 Å². The van der Waals surface area contributed by atoms with E-state index in [2.05, 4.69) is 15.9 Å². The molecular weight excluding hydrogens is 362 g/mol. The van der Waals surface area contributed by atoms with Crippen molar-refractivity contribution in [2.24, 2.45) is 0 Å². The Morgan fingerprint density at radius 3 is 2.70 bits per heavy atom. The van der Waals surface area contributed by atoms with E-state index in [-0.39, 0.29) is 5.91 Å². The Balaban J connectivity index is 2.12. The van der Waals surface area contributed by atoms with Crippen molar-refractivity contribution < 1.29 is 9.53 Å². The zero-order valence-corrected chi connectivity index (χ0v) is 14.2. The number of benzene rings is 1. The molecule has 1 aromatic heterocycles. The molecule has 1 heterocycles. The fraction of sp³-hybridized carbons (Fsp3) is 0.214. The third-order valence-corrected chi connectivity index (χ3v) is 4.60. The Labute approximate surface area is 135 Å². The van der Waals surface area contributed by atoms with Crippen LogP contribution in [0, 0.1) is 0 Å². The van der Waals surface area contributed by atoms with Gasteiger partial charge in [-0.15, -0.1) is 11.3 Å².